The first kappa shape index (κ1) is 11.9. The van der Waals surface area contributed by atoms with Crippen LogP contribution in [0.1, 0.15) is 16.7 Å². The third-order valence-electron chi connectivity index (χ3n) is 2.73. The Hall–Kier alpha value is -1.17. The standard InChI is InChI=1S/C13H9BrFNOS/c14-9-3-4-17-13(9)12(16)11-6-7-5-8(15)1-2-10(7)18-11/h1-6,12H,16H2. The van der Waals surface area contributed by atoms with Crippen LogP contribution < -0.4 is 5.73 Å². The highest BCUT2D eigenvalue weighted by molar-refractivity contribution is 9.10. The summed E-state index contributed by atoms with van der Waals surface area (Å²) >= 11 is 4.94. The molecule has 1 atom stereocenters. The summed E-state index contributed by atoms with van der Waals surface area (Å²) in [6.07, 6.45) is 1.59. The first-order chi connectivity index (χ1) is 8.65. The van der Waals surface area contributed by atoms with E-state index in [1.165, 1.54) is 12.1 Å². The molecular weight excluding hydrogens is 317 g/mol. The van der Waals surface area contributed by atoms with Gasteiger partial charge in [-0.3, -0.25) is 0 Å². The average molecular weight is 326 g/mol. The van der Waals surface area contributed by atoms with Crippen molar-refractivity contribution in [3.05, 3.63) is 57.5 Å². The van der Waals surface area contributed by atoms with Gasteiger partial charge in [-0.1, -0.05) is 0 Å². The van der Waals surface area contributed by atoms with E-state index in [2.05, 4.69) is 15.9 Å². The van der Waals surface area contributed by atoms with Gasteiger partial charge in [0.05, 0.1) is 16.8 Å². The first-order valence-electron chi connectivity index (χ1n) is 5.32. The van der Waals surface area contributed by atoms with Crippen LogP contribution in [0.2, 0.25) is 0 Å². The molecule has 1 aromatic carbocycles. The fourth-order valence-electron chi connectivity index (χ4n) is 1.84. The van der Waals surface area contributed by atoms with Gasteiger partial charge in [-0.2, -0.15) is 0 Å². The number of hydrogen-bond donors (Lipinski definition) is 1. The zero-order valence-electron chi connectivity index (χ0n) is 9.19. The second kappa shape index (κ2) is 4.50. The molecule has 92 valence electrons. The molecule has 2 nitrogen and oxygen atoms in total. The highest BCUT2D eigenvalue weighted by Gasteiger charge is 2.18. The van der Waals surface area contributed by atoms with Crippen molar-refractivity contribution >= 4 is 37.4 Å². The molecule has 0 spiro atoms. The molecule has 0 saturated heterocycles. The smallest absolute Gasteiger partial charge is 0.139 e. The van der Waals surface area contributed by atoms with Gasteiger partial charge in [-0.25, -0.2) is 4.39 Å². The Balaban J connectivity index is 2.07. The predicted molar refractivity (Wildman–Crippen MR) is 74.2 cm³/mol. The Morgan fingerprint density at radius 3 is 2.83 bits per heavy atom. The molecule has 18 heavy (non-hydrogen) atoms. The Bertz CT molecular complexity index is 706. The third-order valence-corrected chi connectivity index (χ3v) is 4.59. The summed E-state index contributed by atoms with van der Waals surface area (Å²) in [4.78, 5) is 0.950. The molecular formula is C13H9BrFNOS. The summed E-state index contributed by atoms with van der Waals surface area (Å²) < 4.78 is 20.4. The van der Waals surface area contributed by atoms with Crippen LogP contribution in [0, 0.1) is 5.82 Å². The second-order valence-corrected chi connectivity index (χ2v) is 5.91. The maximum absolute atomic E-state index is 13.1. The molecule has 3 rings (SSSR count). The molecule has 0 radical (unpaired) electrons. The molecule has 2 aromatic heterocycles. The number of rotatable bonds is 2. The molecule has 2 heterocycles. The predicted octanol–water partition coefficient (Wildman–Crippen LogP) is 4.44. The minimum Gasteiger partial charge on any atom is -0.466 e. The maximum Gasteiger partial charge on any atom is 0.139 e. The summed E-state index contributed by atoms with van der Waals surface area (Å²) in [7, 11) is 0. The van der Waals surface area contributed by atoms with Crippen molar-refractivity contribution in [2.45, 2.75) is 6.04 Å². The van der Waals surface area contributed by atoms with Crippen molar-refractivity contribution in [2.24, 2.45) is 5.73 Å². The number of thiophene rings is 1. The molecule has 0 aliphatic rings. The van der Waals surface area contributed by atoms with Crippen LogP contribution in [0.15, 0.2) is 45.5 Å². The van der Waals surface area contributed by atoms with Crippen molar-refractivity contribution in [3.63, 3.8) is 0 Å². The van der Waals surface area contributed by atoms with Crippen LogP contribution in [0.4, 0.5) is 4.39 Å². The quantitative estimate of drug-likeness (QED) is 0.756. The summed E-state index contributed by atoms with van der Waals surface area (Å²) in [5.74, 6) is 0.446. The fraction of sp³-hybridized carbons (Fsp3) is 0.0769. The molecule has 0 amide bonds. The van der Waals surface area contributed by atoms with Crippen LogP contribution in [0.25, 0.3) is 10.1 Å². The van der Waals surface area contributed by atoms with Gasteiger partial charge in [0.2, 0.25) is 0 Å². The highest BCUT2D eigenvalue weighted by Crippen LogP contribution is 2.35. The van der Waals surface area contributed by atoms with E-state index in [0.29, 0.717) is 5.76 Å². The van der Waals surface area contributed by atoms with Gasteiger partial charge >= 0.3 is 0 Å². The summed E-state index contributed by atoms with van der Waals surface area (Å²) in [5, 5.41) is 0.869. The second-order valence-electron chi connectivity index (χ2n) is 3.94. The Morgan fingerprint density at radius 2 is 2.11 bits per heavy atom. The fourth-order valence-corrected chi connectivity index (χ4v) is 3.34. The van der Waals surface area contributed by atoms with Crippen molar-refractivity contribution in [2.75, 3.05) is 0 Å². The van der Waals surface area contributed by atoms with Gasteiger partial charge in [-0.05, 0) is 51.6 Å². The summed E-state index contributed by atoms with van der Waals surface area (Å²) in [6.45, 7) is 0. The number of halogens is 2. The lowest BCUT2D eigenvalue weighted by atomic mass is 10.2. The van der Waals surface area contributed by atoms with E-state index in [1.807, 2.05) is 12.1 Å². The van der Waals surface area contributed by atoms with Crippen LogP contribution in [-0.2, 0) is 0 Å². The van der Waals surface area contributed by atoms with E-state index >= 15 is 0 Å². The number of benzene rings is 1. The van der Waals surface area contributed by atoms with Crippen molar-refractivity contribution in [1.29, 1.82) is 0 Å². The molecule has 0 aliphatic heterocycles. The van der Waals surface area contributed by atoms with Gasteiger partial charge in [0.15, 0.2) is 0 Å². The molecule has 0 fully saturated rings. The SMILES string of the molecule is NC(c1cc2cc(F)ccc2s1)c1occc1Br. The monoisotopic (exact) mass is 325 g/mol. The summed E-state index contributed by atoms with van der Waals surface area (Å²) in [6, 6.07) is 8.11. The van der Waals surface area contributed by atoms with Crippen molar-refractivity contribution in [1.82, 2.24) is 0 Å². The maximum atomic E-state index is 13.1. The van der Waals surface area contributed by atoms with E-state index in [-0.39, 0.29) is 11.9 Å². The minimum atomic E-state index is -0.338. The first-order valence-corrected chi connectivity index (χ1v) is 6.93. The van der Waals surface area contributed by atoms with Gasteiger partial charge in [-0.15, -0.1) is 11.3 Å². The summed E-state index contributed by atoms with van der Waals surface area (Å²) in [5.41, 5.74) is 6.16. The minimum absolute atomic E-state index is 0.236. The lowest BCUT2D eigenvalue weighted by Gasteiger charge is -2.06. The number of fused-ring (bicyclic) bond motifs is 1. The largest absolute Gasteiger partial charge is 0.466 e. The van der Waals surface area contributed by atoms with E-state index < -0.39 is 0 Å². The van der Waals surface area contributed by atoms with Gasteiger partial charge in [0.1, 0.15) is 11.6 Å². The van der Waals surface area contributed by atoms with Crippen LogP contribution in [-0.4, -0.2) is 0 Å². The van der Waals surface area contributed by atoms with E-state index in [0.717, 1.165) is 19.4 Å². The Kier molecular flexibility index (Phi) is 2.97. The highest BCUT2D eigenvalue weighted by atomic mass is 79.9. The van der Waals surface area contributed by atoms with Crippen LogP contribution in [0.5, 0.6) is 0 Å². The van der Waals surface area contributed by atoms with E-state index in [4.69, 9.17) is 10.2 Å². The van der Waals surface area contributed by atoms with Crippen LogP contribution >= 0.6 is 27.3 Å². The normalized spacial score (nSPS) is 13.1. The average Bonchev–Trinajstić information content (AvgIpc) is 2.93. The van der Waals surface area contributed by atoms with Gasteiger partial charge < -0.3 is 10.2 Å². The van der Waals surface area contributed by atoms with E-state index in [1.54, 1.807) is 23.7 Å². The Morgan fingerprint density at radius 1 is 1.28 bits per heavy atom. The lowest BCUT2D eigenvalue weighted by molar-refractivity contribution is 0.489. The molecule has 0 bridgehead atoms. The van der Waals surface area contributed by atoms with Crippen molar-refractivity contribution < 1.29 is 8.81 Å². The number of furan rings is 1. The molecule has 3 aromatic rings. The third kappa shape index (κ3) is 1.98. The van der Waals surface area contributed by atoms with E-state index in [9.17, 15) is 4.39 Å². The molecule has 0 aliphatic carbocycles. The lowest BCUT2D eigenvalue weighted by Crippen LogP contribution is -2.09. The number of hydrogen-bond acceptors (Lipinski definition) is 3. The topological polar surface area (TPSA) is 39.2 Å². The van der Waals surface area contributed by atoms with Crippen LogP contribution in [0.3, 0.4) is 0 Å². The van der Waals surface area contributed by atoms with Crippen molar-refractivity contribution in [3.8, 4) is 0 Å². The molecule has 2 N–H and O–H groups in total. The Labute approximate surface area is 115 Å². The van der Waals surface area contributed by atoms with Gasteiger partial charge in [0, 0.05) is 9.58 Å². The number of nitrogens with two attached hydrogens (primary N) is 1. The molecule has 0 saturated carbocycles. The molecule has 5 heteroatoms. The van der Waals surface area contributed by atoms with Gasteiger partial charge in [0.25, 0.3) is 0 Å². The zero-order valence-corrected chi connectivity index (χ0v) is 11.6. The zero-order chi connectivity index (χ0) is 12.7. The molecule has 1 unspecified atom stereocenters.